The van der Waals surface area contributed by atoms with E-state index in [4.69, 9.17) is 0 Å². The molecule has 1 rings (SSSR count). The van der Waals surface area contributed by atoms with Crippen LogP contribution in [0.4, 0.5) is 5.69 Å². The van der Waals surface area contributed by atoms with Gasteiger partial charge in [-0.25, -0.2) is 8.42 Å². The predicted molar refractivity (Wildman–Crippen MR) is 81.2 cm³/mol. The fraction of sp³-hybridized carbons (Fsp3) is 0.500. The number of rotatable bonds is 6. The molecule has 20 heavy (non-hydrogen) atoms. The zero-order valence-electron chi connectivity index (χ0n) is 12.4. The van der Waals surface area contributed by atoms with Crippen molar-refractivity contribution < 1.29 is 13.2 Å². The Balaban J connectivity index is 2.77. The van der Waals surface area contributed by atoms with Crippen LogP contribution in [0.25, 0.3) is 0 Å². The first-order valence-corrected chi connectivity index (χ1v) is 8.38. The fourth-order valence-electron chi connectivity index (χ4n) is 1.68. The summed E-state index contributed by atoms with van der Waals surface area (Å²) >= 11 is 0. The van der Waals surface area contributed by atoms with Gasteiger partial charge in [0.1, 0.15) is 0 Å². The van der Waals surface area contributed by atoms with Crippen molar-refractivity contribution in [3.05, 3.63) is 29.8 Å². The molecule has 0 fully saturated rings. The van der Waals surface area contributed by atoms with Crippen molar-refractivity contribution in [2.45, 2.75) is 20.8 Å². The van der Waals surface area contributed by atoms with Gasteiger partial charge in [-0.15, -0.1) is 0 Å². The van der Waals surface area contributed by atoms with Crippen LogP contribution in [0, 0.1) is 12.8 Å². The molecule has 0 unspecified atom stereocenters. The first-order chi connectivity index (χ1) is 9.21. The molecule has 0 aliphatic rings. The molecule has 6 heteroatoms. The lowest BCUT2D eigenvalue weighted by molar-refractivity contribution is -0.123. The number of carbonyl (C=O) groups is 1. The first kappa shape index (κ1) is 16.5. The molecule has 1 amide bonds. The minimum Gasteiger partial charge on any atom is -0.354 e. The minimum absolute atomic E-state index is 0.0812. The Kier molecular flexibility index (Phi) is 5.56. The number of benzene rings is 1. The van der Waals surface area contributed by atoms with Crippen LogP contribution < -0.4 is 9.62 Å². The molecule has 112 valence electrons. The Morgan fingerprint density at radius 1 is 1.25 bits per heavy atom. The van der Waals surface area contributed by atoms with Gasteiger partial charge < -0.3 is 5.32 Å². The topological polar surface area (TPSA) is 66.5 Å². The summed E-state index contributed by atoms with van der Waals surface area (Å²) in [6, 6.07) is 7.25. The highest BCUT2D eigenvalue weighted by molar-refractivity contribution is 7.92. The summed E-state index contributed by atoms with van der Waals surface area (Å²) in [6.45, 7) is 6.04. The van der Waals surface area contributed by atoms with Gasteiger partial charge >= 0.3 is 0 Å². The molecule has 0 aliphatic heterocycles. The summed E-state index contributed by atoms with van der Waals surface area (Å²) in [7, 11) is -3.37. The van der Waals surface area contributed by atoms with Crippen molar-refractivity contribution in [2.75, 3.05) is 23.7 Å². The number of sulfonamides is 1. The molecule has 0 aromatic heterocycles. The monoisotopic (exact) mass is 298 g/mol. The van der Waals surface area contributed by atoms with Crippen molar-refractivity contribution in [3.8, 4) is 0 Å². The van der Waals surface area contributed by atoms with Gasteiger partial charge in [0, 0.05) is 12.5 Å². The molecule has 0 bridgehead atoms. The largest absolute Gasteiger partial charge is 0.354 e. The normalized spacial score (nSPS) is 11.4. The smallest absolute Gasteiger partial charge is 0.232 e. The van der Waals surface area contributed by atoms with E-state index >= 15 is 0 Å². The van der Waals surface area contributed by atoms with Crippen LogP contribution >= 0.6 is 0 Å². The molecular weight excluding hydrogens is 276 g/mol. The predicted octanol–water partition coefficient (Wildman–Crippen LogP) is 1.53. The Morgan fingerprint density at radius 2 is 1.80 bits per heavy atom. The average Bonchev–Trinajstić information content (AvgIpc) is 2.34. The third-order valence-electron chi connectivity index (χ3n) is 2.86. The summed E-state index contributed by atoms with van der Waals surface area (Å²) in [5, 5.41) is 2.72. The quantitative estimate of drug-likeness (QED) is 0.866. The molecule has 5 nitrogen and oxygen atoms in total. The fourth-order valence-corrected chi connectivity index (χ4v) is 2.61. The van der Waals surface area contributed by atoms with Gasteiger partial charge in [-0.3, -0.25) is 9.10 Å². The van der Waals surface area contributed by atoms with E-state index in [1.54, 1.807) is 26.0 Å². The van der Waals surface area contributed by atoms with Gasteiger partial charge in [0.2, 0.25) is 15.9 Å². The lowest BCUT2D eigenvalue weighted by atomic mass is 10.2. The maximum Gasteiger partial charge on any atom is 0.232 e. The first-order valence-electron chi connectivity index (χ1n) is 6.54. The standard InChI is InChI=1S/C14H22N2O3S/c1-11(2)14(17)15-9-10-16(20(4,18)19)13-7-5-12(3)6-8-13/h5-8,11H,9-10H2,1-4H3,(H,15,17). The van der Waals surface area contributed by atoms with Crippen molar-refractivity contribution in [1.29, 1.82) is 0 Å². The Bertz CT molecular complexity index is 550. The van der Waals surface area contributed by atoms with E-state index in [1.165, 1.54) is 4.31 Å². The molecule has 0 spiro atoms. The maximum atomic E-state index is 11.8. The Labute approximate surface area is 121 Å². The third kappa shape index (κ3) is 4.85. The van der Waals surface area contributed by atoms with E-state index in [1.807, 2.05) is 19.1 Å². The number of hydrogen-bond donors (Lipinski definition) is 1. The number of nitrogens with zero attached hydrogens (tertiary/aromatic N) is 1. The zero-order valence-corrected chi connectivity index (χ0v) is 13.2. The van der Waals surface area contributed by atoms with Gasteiger partial charge in [0.05, 0.1) is 18.5 Å². The van der Waals surface area contributed by atoms with E-state index in [2.05, 4.69) is 5.32 Å². The number of amides is 1. The van der Waals surface area contributed by atoms with Crippen LogP contribution in [0.5, 0.6) is 0 Å². The highest BCUT2D eigenvalue weighted by atomic mass is 32.2. The van der Waals surface area contributed by atoms with E-state index in [0.717, 1.165) is 11.8 Å². The van der Waals surface area contributed by atoms with Crippen LogP contribution in [0.1, 0.15) is 19.4 Å². The summed E-state index contributed by atoms with van der Waals surface area (Å²) in [5.74, 6) is -0.191. The summed E-state index contributed by atoms with van der Waals surface area (Å²) in [6.07, 6.45) is 1.16. The van der Waals surface area contributed by atoms with Gasteiger partial charge in [0.25, 0.3) is 0 Å². The molecule has 0 heterocycles. The molecule has 0 saturated heterocycles. The summed E-state index contributed by atoms with van der Waals surface area (Å²) in [5.41, 5.74) is 1.67. The number of aryl methyl sites for hydroxylation is 1. The molecule has 0 saturated carbocycles. The molecule has 1 aromatic rings. The highest BCUT2D eigenvalue weighted by Gasteiger charge is 2.17. The molecule has 0 aliphatic carbocycles. The Morgan fingerprint density at radius 3 is 2.25 bits per heavy atom. The minimum atomic E-state index is -3.37. The van der Waals surface area contributed by atoms with Gasteiger partial charge in [-0.05, 0) is 19.1 Å². The average molecular weight is 298 g/mol. The second-order valence-electron chi connectivity index (χ2n) is 5.12. The Hall–Kier alpha value is -1.56. The zero-order chi connectivity index (χ0) is 15.3. The number of anilines is 1. The number of nitrogens with one attached hydrogen (secondary N) is 1. The third-order valence-corrected chi connectivity index (χ3v) is 4.05. The van der Waals surface area contributed by atoms with Crippen LogP contribution in [0.15, 0.2) is 24.3 Å². The summed E-state index contributed by atoms with van der Waals surface area (Å²) < 4.78 is 25.0. The molecule has 1 N–H and O–H groups in total. The molecular formula is C14H22N2O3S. The second-order valence-corrected chi connectivity index (χ2v) is 7.02. The lowest BCUT2D eigenvalue weighted by Crippen LogP contribution is -2.39. The van der Waals surface area contributed by atoms with E-state index in [9.17, 15) is 13.2 Å². The van der Waals surface area contributed by atoms with Gasteiger partial charge in [-0.1, -0.05) is 31.5 Å². The maximum absolute atomic E-state index is 11.8. The summed E-state index contributed by atoms with van der Waals surface area (Å²) in [4.78, 5) is 11.5. The number of hydrogen-bond acceptors (Lipinski definition) is 3. The van der Waals surface area contributed by atoms with E-state index in [0.29, 0.717) is 5.69 Å². The van der Waals surface area contributed by atoms with Crippen LogP contribution in [0.2, 0.25) is 0 Å². The van der Waals surface area contributed by atoms with Gasteiger partial charge in [-0.2, -0.15) is 0 Å². The van der Waals surface area contributed by atoms with Gasteiger partial charge in [0.15, 0.2) is 0 Å². The van der Waals surface area contributed by atoms with Crippen molar-refractivity contribution >= 4 is 21.6 Å². The molecule has 0 atom stereocenters. The van der Waals surface area contributed by atoms with E-state index < -0.39 is 10.0 Å². The lowest BCUT2D eigenvalue weighted by Gasteiger charge is -2.23. The van der Waals surface area contributed by atoms with Crippen LogP contribution in [-0.2, 0) is 14.8 Å². The van der Waals surface area contributed by atoms with E-state index in [-0.39, 0.29) is 24.9 Å². The van der Waals surface area contributed by atoms with Crippen LogP contribution in [-0.4, -0.2) is 33.7 Å². The van der Waals surface area contributed by atoms with Crippen molar-refractivity contribution in [3.63, 3.8) is 0 Å². The number of carbonyl (C=O) groups excluding carboxylic acids is 1. The SMILES string of the molecule is Cc1ccc(N(CCNC(=O)C(C)C)S(C)(=O)=O)cc1. The molecule has 1 aromatic carbocycles. The highest BCUT2D eigenvalue weighted by Crippen LogP contribution is 2.17. The van der Waals surface area contributed by atoms with Crippen LogP contribution in [0.3, 0.4) is 0 Å². The van der Waals surface area contributed by atoms with Crippen molar-refractivity contribution in [1.82, 2.24) is 5.32 Å². The molecule has 0 radical (unpaired) electrons. The second kappa shape index (κ2) is 6.74. The van der Waals surface area contributed by atoms with Crippen molar-refractivity contribution in [2.24, 2.45) is 5.92 Å².